The standard InChI is InChI=1S/C23H37NO3/c1-21(2,3)13-18-19(25)17-11-10-16(22(4,5)6)12-15(17)14-24(18)20(26)27-23(7,8)9/h10-12,18-19,25H,13-14H2,1-9H3/t18-,19+/m1/s1. The molecule has 1 amide bonds. The number of hydrogen-bond acceptors (Lipinski definition) is 3. The van der Waals surface area contributed by atoms with E-state index in [1.807, 2.05) is 26.8 Å². The number of carbonyl (C=O) groups excluding carboxylic acids is 1. The van der Waals surface area contributed by atoms with Crippen molar-refractivity contribution in [1.29, 1.82) is 0 Å². The number of nitrogens with zero attached hydrogens (tertiary/aromatic N) is 1. The molecule has 1 heterocycles. The van der Waals surface area contributed by atoms with Crippen LogP contribution in [0.15, 0.2) is 18.2 Å². The average molecular weight is 376 g/mol. The van der Waals surface area contributed by atoms with Crippen molar-refractivity contribution in [2.75, 3.05) is 0 Å². The number of hydrogen-bond donors (Lipinski definition) is 1. The fraction of sp³-hybridized carbons (Fsp3) is 0.696. The lowest BCUT2D eigenvalue weighted by Crippen LogP contribution is -2.50. The van der Waals surface area contributed by atoms with Gasteiger partial charge in [-0.25, -0.2) is 4.79 Å². The Morgan fingerprint density at radius 1 is 1.11 bits per heavy atom. The molecule has 0 spiro atoms. The fourth-order valence-electron chi connectivity index (χ4n) is 3.55. The number of ether oxygens (including phenoxy) is 1. The molecule has 1 N–H and O–H groups in total. The highest BCUT2D eigenvalue weighted by molar-refractivity contribution is 5.69. The van der Waals surface area contributed by atoms with Gasteiger partial charge < -0.3 is 9.84 Å². The number of benzene rings is 1. The zero-order valence-corrected chi connectivity index (χ0v) is 18.5. The number of amides is 1. The molecule has 4 heteroatoms. The smallest absolute Gasteiger partial charge is 0.410 e. The van der Waals surface area contributed by atoms with Crippen molar-refractivity contribution in [3.8, 4) is 0 Å². The van der Waals surface area contributed by atoms with E-state index in [-0.39, 0.29) is 23.0 Å². The molecule has 2 atom stereocenters. The molecule has 2 rings (SSSR count). The molecule has 0 bridgehead atoms. The van der Waals surface area contributed by atoms with E-state index in [1.165, 1.54) is 5.56 Å². The van der Waals surface area contributed by atoms with Crippen molar-refractivity contribution in [3.05, 3.63) is 34.9 Å². The molecular weight excluding hydrogens is 338 g/mol. The normalized spacial score (nSPS) is 21.0. The van der Waals surface area contributed by atoms with Crippen molar-refractivity contribution in [2.45, 2.75) is 98.4 Å². The van der Waals surface area contributed by atoms with Gasteiger partial charge in [-0.15, -0.1) is 0 Å². The van der Waals surface area contributed by atoms with Crippen LogP contribution in [0.5, 0.6) is 0 Å². The lowest BCUT2D eigenvalue weighted by molar-refractivity contribution is -0.0254. The van der Waals surface area contributed by atoms with Crippen LogP contribution < -0.4 is 0 Å². The van der Waals surface area contributed by atoms with E-state index in [4.69, 9.17) is 4.74 Å². The Morgan fingerprint density at radius 2 is 1.70 bits per heavy atom. The highest BCUT2D eigenvalue weighted by Crippen LogP contribution is 2.39. The van der Waals surface area contributed by atoms with Crippen LogP contribution in [0.1, 0.15) is 91.5 Å². The van der Waals surface area contributed by atoms with Crippen LogP contribution in [-0.4, -0.2) is 27.7 Å². The Bertz CT molecular complexity index is 689. The summed E-state index contributed by atoms with van der Waals surface area (Å²) in [6.07, 6.45) is -0.370. The molecule has 152 valence electrons. The molecule has 0 saturated carbocycles. The van der Waals surface area contributed by atoms with Crippen molar-refractivity contribution in [1.82, 2.24) is 4.90 Å². The maximum absolute atomic E-state index is 12.9. The zero-order chi connectivity index (χ0) is 20.8. The van der Waals surface area contributed by atoms with Gasteiger partial charge in [-0.3, -0.25) is 4.90 Å². The molecule has 0 unspecified atom stereocenters. The van der Waals surface area contributed by atoms with Crippen LogP contribution in [0.25, 0.3) is 0 Å². The third-order valence-corrected chi connectivity index (χ3v) is 4.88. The van der Waals surface area contributed by atoms with E-state index in [0.717, 1.165) is 11.1 Å². The monoisotopic (exact) mass is 375 g/mol. The lowest BCUT2D eigenvalue weighted by atomic mass is 9.79. The number of carbonyl (C=O) groups is 1. The largest absolute Gasteiger partial charge is 0.444 e. The Hall–Kier alpha value is -1.55. The van der Waals surface area contributed by atoms with Crippen LogP contribution >= 0.6 is 0 Å². The van der Waals surface area contributed by atoms with Crippen molar-refractivity contribution in [3.63, 3.8) is 0 Å². The molecular formula is C23H37NO3. The van der Waals surface area contributed by atoms with Crippen LogP contribution in [-0.2, 0) is 16.7 Å². The van der Waals surface area contributed by atoms with Gasteiger partial charge in [-0.1, -0.05) is 59.7 Å². The Balaban J connectivity index is 2.46. The third-order valence-electron chi connectivity index (χ3n) is 4.88. The average Bonchev–Trinajstić information content (AvgIpc) is 2.45. The first-order chi connectivity index (χ1) is 12.1. The SMILES string of the molecule is CC(C)(C)C[C@@H]1[C@@H](O)c2ccc(C(C)(C)C)cc2CN1C(=O)OC(C)(C)C. The topological polar surface area (TPSA) is 49.8 Å². The lowest BCUT2D eigenvalue weighted by Gasteiger charge is -2.43. The molecule has 0 aromatic heterocycles. The second-order valence-electron chi connectivity index (χ2n) is 11.0. The summed E-state index contributed by atoms with van der Waals surface area (Å²) >= 11 is 0. The molecule has 0 radical (unpaired) electrons. The van der Waals surface area contributed by atoms with Crippen LogP contribution in [0.4, 0.5) is 4.79 Å². The summed E-state index contributed by atoms with van der Waals surface area (Å²) < 4.78 is 5.66. The second-order valence-corrected chi connectivity index (χ2v) is 11.0. The van der Waals surface area contributed by atoms with Gasteiger partial charge in [0.05, 0.1) is 12.1 Å². The van der Waals surface area contributed by atoms with Crippen molar-refractivity contribution in [2.24, 2.45) is 5.41 Å². The Morgan fingerprint density at radius 3 is 2.19 bits per heavy atom. The highest BCUT2D eigenvalue weighted by Gasteiger charge is 2.40. The molecule has 0 fully saturated rings. The van der Waals surface area contributed by atoms with Gasteiger partial charge in [0.1, 0.15) is 5.60 Å². The fourth-order valence-corrected chi connectivity index (χ4v) is 3.55. The molecule has 0 saturated heterocycles. The minimum atomic E-state index is -0.713. The van der Waals surface area contributed by atoms with Gasteiger partial charge in [-0.05, 0) is 54.7 Å². The minimum Gasteiger partial charge on any atom is -0.444 e. The van der Waals surface area contributed by atoms with E-state index in [2.05, 4.69) is 53.7 Å². The summed E-state index contributed by atoms with van der Waals surface area (Å²) in [5, 5.41) is 11.1. The van der Waals surface area contributed by atoms with Gasteiger partial charge in [0.15, 0.2) is 0 Å². The van der Waals surface area contributed by atoms with Crippen LogP contribution in [0.2, 0.25) is 0 Å². The van der Waals surface area contributed by atoms with Crippen LogP contribution in [0, 0.1) is 5.41 Å². The summed E-state index contributed by atoms with van der Waals surface area (Å²) in [7, 11) is 0. The summed E-state index contributed by atoms with van der Waals surface area (Å²) in [5.41, 5.74) is 2.56. The number of aliphatic hydroxyl groups excluding tert-OH is 1. The molecule has 1 aromatic carbocycles. The first kappa shape index (κ1) is 21.7. The maximum atomic E-state index is 12.9. The summed E-state index contributed by atoms with van der Waals surface area (Å²) in [5.74, 6) is 0. The molecule has 4 nitrogen and oxygen atoms in total. The minimum absolute atomic E-state index is 0.0129. The van der Waals surface area contributed by atoms with E-state index in [1.54, 1.807) is 4.90 Å². The van der Waals surface area contributed by atoms with Gasteiger partial charge >= 0.3 is 6.09 Å². The van der Waals surface area contributed by atoms with E-state index < -0.39 is 11.7 Å². The number of aliphatic hydroxyl groups is 1. The van der Waals surface area contributed by atoms with Gasteiger partial charge in [0.25, 0.3) is 0 Å². The molecule has 1 aromatic rings. The summed E-state index contributed by atoms with van der Waals surface area (Å²) in [6.45, 7) is 19.0. The highest BCUT2D eigenvalue weighted by atomic mass is 16.6. The second kappa shape index (κ2) is 7.12. The summed E-state index contributed by atoms with van der Waals surface area (Å²) in [6, 6.07) is 5.96. The van der Waals surface area contributed by atoms with E-state index in [9.17, 15) is 9.90 Å². The first-order valence-corrected chi connectivity index (χ1v) is 9.89. The van der Waals surface area contributed by atoms with E-state index >= 15 is 0 Å². The van der Waals surface area contributed by atoms with Gasteiger partial charge in [0, 0.05) is 6.54 Å². The zero-order valence-electron chi connectivity index (χ0n) is 18.5. The number of rotatable bonds is 1. The predicted molar refractivity (Wildman–Crippen MR) is 110 cm³/mol. The first-order valence-electron chi connectivity index (χ1n) is 9.89. The van der Waals surface area contributed by atoms with E-state index in [0.29, 0.717) is 13.0 Å². The van der Waals surface area contributed by atoms with Crippen molar-refractivity contribution < 1.29 is 14.6 Å². The number of fused-ring (bicyclic) bond motifs is 1. The van der Waals surface area contributed by atoms with Gasteiger partial charge in [-0.2, -0.15) is 0 Å². The molecule has 1 aliphatic rings. The molecule has 27 heavy (non-hydrogen) atoms. The Kier molecular flexibility index (Phi) is 5.74. The third kappa shape index (κ3) is 5.47. The van der Waals surface area contributed by atoms with Crippen molar-refractivity contribution >= 4 is 6.09 Å². The van der Waals surface area contributed by atoms with Gasteiger partial charge in [0.2, 0.25) is 0 Å². The van der Waals surface area contributed by atoms with Crippen LogP contribution in [0.3, 0.4) is 0 Å². The predicted octanol–water partition coefficient (Wildman–Crippen LogP) is 5.57. The molecule has 1 aliphatic heterocycles. The summed E-state index contributed by atoms with van der Waals surface area (Å²) in [4.78, 5) is 14.7. The maximum Gasteiger partial charge on any atom is 0.410 e. The molecule has 0 aliphatic carbocycles. The quantitative estimate of drug-likeness (QED) is 0.698. The Labute approximate surface area is 164 Å².